The number of rotatable bonds is 14. The van der Waals surface area contributed by atoms with Gasteiger partial charge in [-0.15, -0.1) is 0 Å². The summed E-state index contributed by atoms with van der Waals surface area (Å²) in [7, 11) is 0. The first-order chi connectivity index (χ1) is 18.1. The molecule has 1 N–H and O–H groups in total. The molecule has 0 aliphatic heterocycles. The number of fused-ring (bicyclic) bond motifs is 1. The van der Waals surface area contributed by atoms with Crippen LogP contribution in [-0.2, 0) is 20.8 Å². The van der Waals surface area contributed by atoms with Gasteiger partial charge in [0, 0.05) is 37.3 Å². The molecule has 0 heterocycles. The predicted octanol–water partition coefficient (Wildman–Crippen LogP) is 5.94. The SMILES string of the molecule is CCOCCC(O)C=C[C@]12C=CC[C@@H]1C[C@H](CCOCC(=O)N(Cc1ccccc1)c1ccccc1)C2. The van der Waals surface area contributed by atoms with Crippen molar-refractivity contribution in [1.82, 2.24) is 0 Å². The van der Waals surface area contributed by atoms with Gasteiger partial charge in [-0.1, -0.05) is 72.8 Å². The second kappa shape index (κ2) is 13.7. The Morgan fingerprint density at radius 3 is 2.62 bits per heavy atom. The monoisotopic (exact) mass is 503 g/mol. The number of hydrogen-bond acceptors (Lipinski definition) is 4. The lowest BCUT2D eigenvalue weighted by Gasteiger charge is -2.25. The first-order valence-corrected chi connectivity index (χ1v) is 13.7. The number of ether oxygens (including phenoxy) is 2. The van der Waals surface area contributed by atoms with Crippen LogP contribution in [0.3, 0.4) is 0 Å². The van der Waals surface area contributed by atoms with Crippen LogP contribution < -0.4 is 4.90 Å². The fourth-order valence-electron chi connectivity index (χ4n) is 5.74. The van der Waals surface area contributed by atoms with Crippen molar-refractivity contribution in [2.45, 2.75) is 51.7 Å². The number of carbonyl (C=O) groups is 1. The molecule has 2 aromatic carbocycles. The molecule has 2 aliphatic rings. The predicted molar refractivity (Wildman–Crippen MR) is 148 cm³/mol. The van der Waals surface area contributed by atoms with Crippen molar-refractivity contribution in [3.8, 4) is 0 Å². The zero-order valence-corrected chi connectivity index (χ0v) is 22.0. The summed E-state index contributed by atoms with van der Waals surface area (Å²) in [6.45, 7) is 4.41. The first kappa shape index (κ1) is 27.3. The molecule has 1 fully saturated rings. The van der Waals surface area contributed by atoms with Gasteiger partial charge in [0.1, 0.15) is 6.61 Å². The molecule has 2 aliphatic carbocycles. The van der Waals surface area contributed by atoms with E-state index in [2.05, 4.69) is 18.2 Å². The molecule has 4 atom stereocenters. The van der Waals surface area contributed by atoms with Crippen molar-refractivity contribution in [1.29, 1.82) is 0 Å². The third-order valence-corrected chi connectivity index (χ3v) is 7.71. The van der Waals surface area contributed by atoms with Crippen LogP contribution in [-0.4, -0.2) is 43.5 Å². The lowest BCUT2D eigenvalue weighted by Crippen LogP contribution is -2.33. The molecule has 2 aromatic rings. The smallest absolute Gasteiger partial charge is 0.253 e. The van der Waals surface area contributed by atoms with E-state index in [9.17, 15) is 9.90 Å². The molecule has 0 saturated heterocycles. The standard InChI is InChI=1S/C32H41NO4/c1-2-36-21-17-30(34)15-19-32-18-9-12-28(32)22-27(23-32)16-20-37-25-31(35)33(29-13-7-4-8-14-29)24-26-10-5-3-6-11-26/h3-11,13-15,18-19,27-28,30,34H,2,12,16-17,20-25H2,1H3/t27-,28+,30?,32-/m0/s1. The molecule has 5 heteroatoms. The van der Waals surface area contributed by atoms with Crippen LogP contribution in [0.2, 0.25) is 0 Å². The van der Waals surface area contributed by atoms with E-state index in [1.165, 1.54) is 0 Å². The molecule has 0 aromatic heterocycles. The number of allylic oxidation sites excluding steroid dienone is 3. The van der Waals surface area contributed by atoms with Crippen LogP contribution in [0.25, 0.3) is 0 Å². The number of hydrogen-bond donors (Lipinski definition) is 1. The normalized spacial score (nSPS) is 23.4. The number of aliphatic hydroxyl groups is 1. The van der Waals surface area contributed by atoms with Gasteiger partial charge in [-0.05, 0) is 62.1 Å². The van der Waals surface area contributed by atoms with Crippen molar-refractivity contribution < 1.29 is 19.4 Å². The summed E-state index contributed by atoms with van der Waals surface area (Å²) < 4.78 is 11.3. The molecule has 0 bridgehead atoms. The van der Waals surface area contributed by atoms with Gasteiger partial charge in [0.05, 0.1) is 12.6 Å². The Labute approximate surface area is 221 Å². The molecule has 0 radical (unpaired) electrons. The van der Waals surface area contributed by atoms with Gasteiger partial charge < -0.3 is 19.5 Å². The Hall–Kier alpha value is -2.73. The zero-order chi connectivity index (χ0) is 25.9. The summed E-state index contributed by atoms with van der Waals surface area (Å²) in [5.74, 6) is 1.13. The Balaban J connectivity index is 1.26. The molecule has 198 valence electrons. The van der Waals surface area contributed by atoms with Gasteiger partial charge in [0.25, 0.3) is 5.91 Å². The lowest BCUT2D eigenvalue weighted by atomic mass is 9.80. The summed E-state index contributed by atoms with van der Waals surface area (Å²) in [5, 5.41) is 10.3. The molecule has 4 rings (SSSR count). The van der Waals surface area contributed by atoms with E-state index in [1.807, 2.05) is 73.7 Å². The van der Waals surface area contributed by atoms with Crippen LogP contribution in [0.1, 0.15) is 44.6 Å². The number of amides is 1. The van der Waals surface area contributed by atoms with Gasteiger partial charge in [-0.3, -0.25) is 4.79 Å². The van der Waals surface area contributed by atoms with Crippen molar-refractivity contribution in [3.05, 3.63) is 90.5 Å². The molecular formula is C32H41NO4. The average molecular weight is 504 g/mol. The number of nitrogens with zero attached hydrogens (tertiary/aromatic N) is 1. The minimum Gasteiger partial charge on any atom is -0.389 e. The molecular weight excluding hydrogens is 462 g/mol. The summed E-state index contributed by atoms with van der Waals surface area (Å²) in [4.78, 5) is 15.0. The average Bonchev–Trinajstić information content (AvgIpc) is 3.47. The fraction of sp³-hybridized carbons (Fsp3) is 0.469. The second-order valence-electron chi connectivity index (χ2n) is 10.3. The van der Waals surface area contributed by atoms with E-state index in [1.54, 1.807) is 4.90 Å². The minimum atomic E-state index is -0.465. The van der Waals surface area contributed by atoms with Crippen molar-refractivity contribution in [2.75, 3.05) is 31.3 Å². The molecule has 1 saturated carbocycles. The zero-order valence-electron chi connectivity index (χ0n) is 22.0. The third kappa shape index (κ3) is 7.64. The largest absolute Gasteiger partial charge is 0.389 e. The van der Waals surface area contributed by atoms with E-state index in [0.29, 0.717) is 44.6 Å². The van der Waals surface area contributed by atoms with Crippen LogP contribution in [0, 0.1) is 17.3 Å². The number of aliphatic hydroxyl groups excluding tert-OH is 1. The van der Waals surface area contributed by atoms with Crippen molar-refractivity contribution in [2.24, 2.45) is 17.3 Å². The fourth-order valence-corrected chi connectivity index (χ4v) is 5.74. The maximum Gasteiger partial charge on any atom is 0.253 e. The van der Waals surface area contributed by atoms with Gasteiger partial charge in [0.2, 0.25) is 0 Å². The second-order valence-corrected chi connectivity index (χ2v) is 10.3. The number of benzene rings is 2. The number of carbonyl (C=O) groups excluding carboxylic acids is 1. The van der Waals surface area contributed by atoms with Crippen LogP contribution in [0.15, 0.2) is 85.0 Å². The van der Waals surface area contributed by atoms with Gasteiger partial charge in [-0.2, -0.15) is 0 Å². The minimum absolute atomic E-state index is 0.0262. The topological polar surface area (TPSA) is 59.0 Å². The Kier molecular flexibility index (Phi) is 10.1. The first-order valence-electron chi connectivity index (χ1n) is 13.7. The number of para-hydroxylation sites is 1. The lowest BCUT2D eigenvalue weighted by molar-refractivity contribution is -0.123. The Bertz CT molecular complexity index is 1020. The summed E-state index contributed by atoms with van der Waals surface area (Å²) in [6, 6.07) is 19.8. The maximum atomic E-state index is 13.1. The van der Waals surface area contributed by atoms with E-state index < -0.39 is 6.10 Å². The van der Waals surface area contributed by atoms with E-state index in [4.69, 9.17) is 9.47 Å². The van der Waals surface area contributed by atoms with Gasteiger partial charge in [-0.25, -0.2) is 0 Å². The van der Waals surface area contributed by atoms with E-state index in [0.717, 1.165) is 36.9 Å². The van der Waals surface area contributed by atoms with Crippen molar-refractivity contribution in [3.63, 3.8) is 0 Å². The highest BCUT2D eigenvalue weighted by Crippen LogP contribution is 2.54. The van der Waals surface area contributed by atoms with Crippen LogP contribution in [0.4, 0.5) is 5.69 Å². The molecule has 37 heavy (non-hydrogen) atoms. The quantitative estimate of drug-likeness (QED) is 0.256. The summed E-state index contributed by atoms with van der Waals surface area (Å²) >= 11 is 0. The van der Waals surface area contributed by atoms with Gasteiger partial charge >= 0.3 is 0 Å². The number of anilines is 1. The highest BCUT2D eigenvalue weighted by Gasteiger charge is 2.45. The summed E-state index contributed by atoms with van der Waals surface area (Å²) in [5.41, 5.74) is 2.02. The highest BCUT2D eigenvalue weighted by molar-refractivity contribution is 5.94. The summed E-state index contributed by atoms with van der Waals surface area (Å²) in [6.07, 6.45) is 13.3. The molecule has 1 unspecified atom stereocenters. The maximum absolute atomic E-state index is 13.1. The van der Waals surface area contributed by atoms with Crippen LogP contribution in [0.5, 0.6) is 0 Å². The molecule has 5 nitrogen and oxygen atoms in total. The van der Waals surface area contributed by atoms with Crippen molar-refractivity contribution >= 4 is 11.6 Å². The highest BCUT2D eigenvalue weighted by atomic mass is 16.5. The molecule has 0 spiro atoms. The Morgan fingerprint density at radius 2 is 1.86 bits per heavy atom. The van der Waals surface area contributed by atoms with E-state index in [-0.39, 0.29) is 17.9 Å². The van der Waals surface area contributed by atoms with E-state index >= 15 is 0 Å². The van der Waals surface area contributed by atoms with Gasteiger partial charge in [0.15, 0.2) is 0 Å². The Morgan fingerprint density at radius 1 is 1.11 bits per heavy atom. The molecule has 1 amide bonds. The third-order valence-electron chi connectivity index (χ3n) is 7.71. The van der Waals surface area contributed by atoms with Crippen LogP contribution >= 0.6 is 0 Å².